The quantitative estimate of drug-likeness (QED) is 0.356. The Hall–Kier alpha value is -0.576. The summed E-state index contributed by atoms with van der Waals surface area (Å²) in [6.45, 7) is 19.5. The molecule has 0 amide bonds. The monoisotopic (exact) mass is 326 g/mol. The van der Waals surface area contributed by atoms with Crippen LogP contribution in [0.25, 0.3) is 0 Å². The second kappa shape index (κ2) is 7.62. The molecule has 4 heteroatoms. The fourth-order valence-corrected chi connectivity index (χ4v) is 6.57. The Morgan fingerprint density at radius 3 is 1.81 bits per heavy atom. The highest BCUT2D eigenvalue weighted by molar-refractivity contribution is 6.91. The molecule has 0 aromatic heterocycles. The summed E-state index contributed by atoms with van der Waals surface area (Å²) in [7, 11) is -3.85. The van der Waals surface area contributed by atoms with Crippen LogP contribution in [0.5, 0.6) is 0 Å². The average Bonchev–Trinajstić information content (AvgIpc) is 2.40. The van der Waals surface area contributed by atoms with Gasteiger partial charge in [-0.1, -0.05) is 54.6 Å². The van der Waals surface area contributed by atoms with Crippen molar-refractivity contribution in [3.8, 4) is 0 Å². The minimum atomic E-state index is -1.93. The van der Waals surface area contributed by atoms with Crippen molar-refractivity contribution >= 4 is 22.4 Å². The number of carbonyl (C=O) groups is 1. The van der Waals surface area contributed by atoms with Crippen LogP contribution in [0.1, 0.15) is 48.5 Å². The summed E-state index contributed by atoms with van der Waals surface area (Å²) < 4.78 is 6.10. The van der Waals surface area contributed by atoms with Gasteiger partial charge in [-0.15, -0.1) is 5.73 Å². The lowest BCUT2D eigenvalue weighted by Crippen LogP contribution is -2.46. The Bertz CT molecular complexity index is 412. The molecule has 0 fully saturated rings. The third-order valence-corrected chi connectivity index (χ3v) is 15.1. The zero-order chi connectivity index (χ0) is 16.9. The molecule has 0 bridgehead atoms. The van der Waals surface area contributed by atoms with Gasteiger partial charge in [-0.2, -0.15) is 0 Å². The third kappa shape index (κ3) is 4.70. The van der Waals surface area contributed by atoms with Crippen LogP contribution in [0.3, 0.4) is 0 Å². The van der Waals surface area contributed by atoms with E-state index in [0.29, 0.717) is 0 Å². The molecular weight excluding hydrogens is 292 g/mol. The summed E-state index contributed by atoms with van der Waals surface area (Å²) in [5, 5.41) is 0.913. The molecule has 21 heavy (non-hydrogen) atoms. The first-order chi connectivity index (χ1) is 9.51. The lowest BCUT2D eigenvalue weighted by Gasteiger charge is -2.38. The van der Waals surface area contributed by atoms with Crippen LogP contribution in [-0.4, -0.2) is 22.4 Å². The molecule has 0 aliphatic carbocycles. The first-order valence-electron chi connectivity index (χ1n) is 8.16. The van der Waals surface area contributed by atoms with Gasteiger partial charge in [0, 0.05) is 0 Å². The Morgan fingerprint density at radius 2 is 1.52 bits per heavy atom. The molecule has 0 aromatic rings. The van der Waals surface area contributed by atoms with Crippen LogP contribution >= 0.6 is 0 Å². The summed E-state index contributed by atoms with van der Waals surface area (Å²) >= 11 is 0. The zero-order valence-corrected chi connectivity index (χ0v) is 17.5. The molecule has 0 N–H and O–H groups in total. The van der Waals surface area contributed by atoms with Crippen molar-refractivity contribution in [1.29, 1.82) is 0 Å². The van der Waals surface area contributed by atoms with Gasteiger partial charge in [0.1, 0.15) is 8.07 Å². The van der Waals surface area contributed by atoms with Crippen LogP contribution in [-0.2, 0) is 9.22 Å². The van der Waals surface area contributed by atoms with E-state index in [0.717, 1.165) is 23.3 Å². The van der Waals surface area contributed by atoms with Crippen molar-refractivity contribution in [2.75, 3.05) is 0 Å². The maximum Gasteiger partial charge on any atom is 0.324 e. The molecule has 0 aliphatic heterocycles. The lowest BCUT2D eigenvalue weighted by molar-refractivity contribution is -0.130. The molecule has 0 saturated carbocycles. The Balaban J connectivity index is 5.66. The van der Waals surface area contributed by atoms with Crippen molar-refractivity contribution in [1.82, 2.24) is 0 Å². The molecule has 0 atom stereocenters. The fraction of sp³-hybridized carbons (Fsp3) is 0.765. The van der Waals surface area contributed by atoms with E-state index < -0.39 is 16.4 Å². The van der Waals surface area contributed by atoms with Gasteiger partial charge in [0.15, 0.2) is 0 Å². The van der Waals surface area contributed by atoms with E-state index in [1.165, 1.54) is 0 Å². The first-order valence-corrected chi connectivity index (χ1v) is 13.7. The van der Waals surface area contributed by atoms with E-state index in [1.54, 1.807) is 0 Å². The standard InChI is InChI=1S/C17H34O2Si2/c1-10-14-15(20(8,9)17(5,6)7)16(18)19-21(11-2,12-3)13-4/h10H,11-13H2,1-9H3. The summed E-state index contributed by atoms with van der Waals surface area (Å²) in [6, 6.07) is 2.98. The number of hydrogen-bond acceptors (Lipinski definition) is 2. The number of hydrogen-bond donors (Lipinski definition) is 0. The van der Waals surface area contributed by atoms with Gasteiger partial charge in [0.2, 0.25) is 0 Å². The SMILES string of the molecule is CC=C=C(C(=O)O[Si](CC)(CC)CC)[Si](C)(C)C(C)(C)C. The highest BCUT2D eigenvalue weighted by Crippen LogP contribution is 2.41. The second-order valence-electron chi connectivity index (χ2n) is 7.32. The van der Waals surface area contributed by atoms with E-state index in [4.69, 9.17) is 4.43 Å². The van der Waals surface area contributed by atoms with Gasteiger partial charge < -0.3 is 4.43 Å². The molecule has 122 valence electrons. The predicted octanol–water partition coefficient (Wildman–Crippen LogP) is 5.68. The van der Waals surface area contributed by atoms with Crippen LogP contribution in [0, 0.1) is 0 Å². The van der Waals surface area contributed by atoms with E-state index >= 15 is 0 Å². The smallest absolute Gasteiger partial charge is 0.324 e. The maximum atomic E-state index is 12.8. The third-order valence-electron chi connectivity index (χ3n) is 5.24. The molecule has 0 rings (SSSR count). The molecule has 0 radical (unpaired) electrons. The zero-order valence-electron chi connectivity index (χ0n) is 15.5. The van der Waals surface area contributed by atoms with Gasteiger partial charge in [-0.25, -0.2) is 4.79 Å². The predicted molar refractivity (Wildman–Crippen MR) is 97.8 cm³/mol. The summed E-state index contributed by atoms with van der Waals surface area (Å²) in [4.78, 5) is 12.8. The summed E-state index contributed by atoms with van der Waals surface area (Å²) in [6.07, 6.45) is 1.85. The van der Waals surface area contributed by atoms with Crippen LogP contribution in [0.4, 0.5) is 0 Å². The van der Waals surface area contributed by atoms with Gasteiger partial charge in [0.25, 0.3) is 8.32 Å². The van der Waals surface area contributed by atoms with Crippen molar-refractivity contribution in [3.63, 3.8) is 0 Å². The first kappa shape index (κ1) is 20.4. The van der Waals surface area contributed by atoms with Crippen LogP contribution in [0.15, 0.2) is 17.0 Å². The molecule has 0 heterocycles. The van der Waals surface area contributed by atoms with Gasteiger partial charge in [0.05, 0.1) is 5.20 Å². The molecule has 0 saturated heterocycles. The number of carbonyl (C=O) groups excluding carboxylic acids is 1. The minimum Gasteiger partial charge on any atom is -0.516 e. The molecule has 0 unspecified atom stereocenters. The normalized spacial score (nSPS) is 12.6. The van der Waals surface area contributed by atoms with Gasteiger partial charge in [-0.05, 0) is 36.2 Å². The van der Waals surface area contributed by atoms with Gasteiger partial charge in [-0.3, -0.25) is 0 Å². The highest BCUT2D eigenvalue weighted by Gasteiger charge is 2.44. The summed E-state index contributed by atoms with van der Waals surface area (Å²) in [5.74, 6) is -0.100. The minimum absolute atomic E-state index is 0.100. The van der Waals surface area contributed by atoms with E-state index in [2.05, 4.69) is 60.4 Å². The molecule has 0 aliphatic rings. The molecule has 0 spiro atoms. The van der Waals surface area contributed by atoms with Crippen LogP contribution in [0.2, 0.25) is 36.3 Å². The fourth-order valence-electron chi connectivity index (χ4n) is 2.23. The largest absolute Gasteiger partial charge is 0.516 e. The topological polar surface area (TPSA) is 26.3 Å². The molecule has 0 aromatic carbocycles. The average molecular weight is 327 g/mol. The second-order valence-corrected chi connectivity index (χ2v) is 17.3. The Labute approximate surface area is 133 Å². The van der Waals surface area contributed by atoms with E-state index in [1.807, 2.05) is 13.0 Å². The Morgan fingerprint density at radius 1 is 1.10 bits per heavy atom. The van der Waals surface area contributed by atoms with E-state index in [-0.39, 0.29) is 11.0 Å². The van der Waals surface area contributed by atoms with Crippen molar-refractivity contribution in [3.05, 3.63) is 17.0 Å². The molecular formula is C17H34O2Si2. The van der Waals surface area contributed by atoms with Crippen molar-refractivity contribution in [2.24, 2.45) is 0 Å². The van der Waals surface area contributed by atoms with Crippen molar-refractivity contribution < 1.29 is 9.22 Å². The maximum absolute atomic E-state index is 12.8. The molecule has 2 nitrogen and oxygen atoms in total. The highest BCUT2D eigenvalue weighted by atomic mass is 28.4. The number of rotatable bonds is 6. The van der Waals surface area contributed by atoms with E-state index in [9.17, 15) is 4.79 Å². The van der Waals surface area contributed by atoms with Crippen molar-refractivity contribution in [2.45, 2.75) is 84.7 Å². The Kier molecular flexibility index (Phi) is 7.41. The van der Waals surface area contributed by atoms with Crippen LogP contribution < -0.4 is 0 Å². The lowest BCUT2D eigenvalue weighted by atomic mass is 10.2. The van der Waals surface area contributed by atoms with Gasteiger partial charge >= 0.3 is 5.97 Å². The summed E-state index contributed by atoms with van der Waals surface area (Å²) in [5.41, 5.74) is 3.23.